The number of rotatable bonds is 7. The fourth-order valence-corrected chi connectivity index (χ4v) is 1.64. The summed E-state index contributed by atoms with van der Waals surface area (Å²) in [6, 6.07) is 0. The first-order valence-corrected chi connectivity index (χ1v) is 5.87. The van der Waals surface area contributed by atoms with E-state index in [1.54, 1.807) is 25.7 Å². The van der Waals surface area contributed by atoms with E-state index < -0.39 is 11.6 Å². The molecule has 1 atom stereocenters. The minimum atomic E-state index is -0.929. The van der Waals surface area contributed by atoms with Crippen molar-refractivity contribution in [1.82, 2.24) is 4.90 Å². The number of hydrogen-bond donors (Lipinski definition) is 2. The number of aliphatic carboxylic acids is 1. The Labute approximate surface area is 102 Å². The fourth-order valence-electron chi connectivity index (χ4n) is 1.64. The van der Waals surface area contributed by atoms with Crippen LogP contribution in [-0.4, -0.2) is 45.7 Å². The molecule has 5 nitrogen and oxygen atoms in total. The van der Waals surface area contributed by atoms with Crippen LogP contribution in [-0.2, 0) is 9.59 Å². The zero-order valence-corrected chi connectivity index (χ0v) is 11.1. The smallest absolute Gasteiger partial charge is 0.303 e. The van der Waals surface area contributed by atoms with Crippen LogP contribution in [0.1, 0.15) is 40.5 Å². The number of nitrogens with zero attached hydrogens (tertiary/aromatic N) is 1. The molecule has 100 valence electrons. The van der Waals surface area contributed by atoms with Crippen molar-refractivity contribution in [2.45, 2.75) is 46.1 Å². The Bertz CT molecular complexity index is 270. The highest BCUT2D eigenvalue weighted by Gasteiger charge is 2.22. The highest BCUT2D eigenvalue weighted by molar-refractivity contribution is 5.77. The highest BCUT2D eigenvalue weighted by atomic mass is 16.4. The molecule has 0 aliphatic heterocycles. The lowest BCUT2D eigenvalue weighted by Gasteiger charge is -2.28. The highest BCUT2D eigenvalue weighted by Crippen LogP contribution is 2.12. The molecule has 2 N–H and O–H groups in total. The van der Waals surface area contributed by atoms with E-state index in [9.17, 15) is 14.7 Å². The summed E-state index contributed by atoms with van der Waals surface area (Å²) in [7, 11) is 0. The topological polar surface area (TPSA) is 77.8 Å². The molecule has 0 fully saturated rings. The zero-order valence-electron chi connectivity index (χ0n) is 11.1. The van der Waals surface area contributed by atoms with E-state index in [2.05, 4.69) is 0 Å². The number of hydrogen-bond acceptors (Lipinski definition) is 3. The summed E-state index contributed by atoms with van der Waals surface area (Å²) in [6.45, 7) is 7.65. The second-order valence-electron chi connectivity index (χ2n) is 5.13. The molecular formula is C12H23NO4. The monoisotopic (exact) mass is 245 g/mol. The molecule has 0 aromatic rings. The molecule has 17 heavy (non-hydrogen) atoms. The predicted molar refractivity (Wildman–Crippen MR) is 64.6 cm³/mol. The molecule has 0 radical (unpaired) electrons. The largest absolute Gasteiger partial charge is 0.481 e. The summed E-state index contributed by atoms with van der Waals surface area (Å²) in [4.78, 5) is 23.9. The lowest BCUT2D eigenvalue weighted by molar-refractivity contribution is -0.139. The summed E-state index contributed by atoms with van der Waals surface area (Å²) >= 11 is 0. The molecule has 0 heterocycles. The van der Waals surface area contributed by atoms with E-state index in [1.165, 1.54) is 0 Å². The molecule has 0 aliphatic rings. The lowest BCUT2D eigenvalue weighted by Crippen LogP contribution is -2.42. The maximum absolute atomic E-state index is 11.9. The van der Waals surface area contributed by atoms with Gasteiger partial charge in [-0.3, -0.25) is 9.59 Å². The van der Waals surface area contributed by atoms with Crippen LogP contribution in [0, 0.1) is 5.92 Å². The van der Waals surface area contributed by atoms with Crippen LogP contribution >= 0.6 is 0 Å². The van der Waals surface area contributed by atoms with Crippen molar-refractivity contribution in [3.05, 3.63) is 0 Å². The second-order valence-corrected chi connectivity index (χ2v) is 5.13. The number of amides is 1. The van der Waals surface area contributed by atoms with Gasteiger partial charge in [-0.25, -0.2) is 0 Å². The zero-order chi connectivity index (χ0) is 13.6. The Morgan fingerprint density at radius 2 is 1.82 bits per heavy atom. The van der Waals surface area contributed by atoms with E-state index in [-0.39, 0.29) is 31.2 Å². The molecule has 0 saturated heterocycles. The van der Waals surface area contributed by atoms with Crippen LogP contribution in [0.15, 0.2) is 0 Å². The molecule has 0 rings (SSSR count). The fraction of sp³-hybridized carbons (Fsp3) is 0.833. The molecule has 1 amide bonds. The molecule has 0 spiro atoms. The van der Waals surface area contributed by atoms with Crippen molar-refractivity contribution in [1.29, 1.82) is 0 Å². The van der Waals surface area contributed by atoms with Crippen LogP contribution < -0.4 is 0 Å². The van der Waals surface area contributed by atoms with Crippen molar-refractivity contribution in [3.8, 4) is 0 Å². The van der Waals surface area contributed by atoms with Gasteiger partial charge in [0.15, 0.2) is 0 Å². The summed E-state index contributed by atoms with van der Waals surface area (Å²) in [5.41, 5.74) is -0.929. The van der Waals surface area contributed by atoms with Gasteiger partial charge < -0.3 is 15.1 Å². The van der Waals surface area contributed by atoms with Gasteiger partial charge in [-0.15, -0.1) is 0 Å². The van der Waals surface area contributed by atoms with Crippen molar-refractivity contribution >= 4 is 11.9 Å². The predicted octanol–water partition coefficient (Wildman–Crippen LogP) is 1.11. The standard InChI is InChI=1S/C12H23NO4/c1-5-13(8-12(3,4)17)10(14)6-9(2)7-11(15)16/h9,17H,5-8H2,1-4H3,(H,15,16). The number of carbonyl (C=O) groups is 2. The number of aliphatic hydroxyl groups is 1. The maximum Gasteiger partial charge on any atom is 0.303 e. The van der Waals surface area contributed by atoms with Crippen molar-refractivity contribution in [2.24, 2.45) is 5.92 Å². The first-order chi connectivity index (χ1) is 7.65. The van der Waals surface area contributed by atoms with Gasteiger partial charge in [-0.2, -0.15) is 0 Å². The van der Waals surface area contributed by atoms with Crippen molar-refractivity contribution in [3.63, 3.8) is 0 Å². The van der Waals surface area contributed by atoms with Gasteiger partial charge in [0.05, 0.1) is 5.60 Å². The minimum absolute atomic E-state index is 0.00812. The third-order valence-electron chi connectivity index (χ3n) is 2.36. The summed E-state index contributed by atoms with van der Waals surface area (Å²) < 4.78 is 0. The van der Waals surface area contributed by atoms with E-state index in [1.807, 2.05) is 6.92 Å². The van der Waals surface area contributed by atoms with Gasteiger partial charge >= 0.3 is 5.97 Å². The van der Waals surface area contributed by atoms with Gasteiger partial charge in [0.1, 0.15) is 0 Å². The van der Waals surface area contributed by atoms with E-state index in [0.717, 1.165) is 0 Å². The Morgan fingerprint density at radius 1 is 1.29 bits per heavy atom. The van der Waals surface area contributed by atoms with Crippen molar-refractivity contribution < 1.29 is 19.8 Å². The SMILES string of the molecule is CCN(CC(C)(C)O)C(=O)CC(C)CC(=O)O. The number of likely N-dealkylation sites (N-methyl/N-ethyl adjacent to an activating group) is 1. The first-order valence-electron chi connectivity index (χ1n) is 5.87. The molecule has 0 aromatic carbocycles. The average molecular weight is 245 g/mol. The molecule has 0 saturated carbocycles. The van der Waals surface area contributed by atoms with E-state index >= 15 is 0 Å². The Balaban J connectivity index is 4.31. The molecule has 0 bridgehead atoms. The van der Waals surface area contributed by atoms with Gasteiger partial charge in [-0.05, 0) is 26.7 Å². The second kappa shape index (κ2) is 6.59. The molecular weight excluding hydrogens is 222 g/mol. The molecule has 1 unspecified atom stereocenters. The average Bonchev–Trinajstić information content (AvgIpc) is 2.10. The summed E-state index contributed by atoms with van der Waals surface area (Å²) in [5, 5.41) is 18.3. The van der Waals surface area contributed by atoms with Crippen LogP contribution in [0.25, 0.3) is 0 Å². The quantitative estimate of drug-likeness (QED) is 0.704. The minimum Gasteiger partial charge on any atom is -0.481 e. The number of carboxylic acids is 1. The molecule has 0 aliphatic carbocycles. The van der Waals surface area contributed by atoms with Crippen LogP contribution in [0.3, 0.4) is 0 Å². The summed E-state index contributed by atoms with van der Waals surface area (Å²) in [6.07, 6.45) is 0.196. The first kappa shape index (κ1) is 15.9. The van der Waals surface area contributed by atoms with Gasteiger partial charge in [0.2, 0.25) is 5.91 Å². The van der Waals surface area contributed by atoms with Crippen LogP contribution in [0.2, 0.25) is 0 Å². The summed E-state index contributed by atoms with van der Waals surface area (Å²) in [5.74, 6) is -1.19. The third-order valence-corrected chi connectivity index (χ3v) is 2.36. The van der Waals surface area contributed by atoms with Crippen LogP contribution in [0.4, 0.5) is 0 Å². The van der Waals surface area contributed by atoms with Gasteiger partial charge in [-0.1, -0.05) is 6.92 Å². The molecule has 0 aromatic heterocycles. The van der Waals surface area contributed by atoms with Gasteiger partial charge in [0.25, 0.3) is 0 Å². The maximum atomic E-state index is 11.9. The molecule has 5 heteroatoms. The van der Waals surface area contributed by atoms with E-state index in [0.29, 0.717) is 6.54 Å². The third kappa shape index (κ3) is 7.74. The Morgan fingerprint density at radius 3 is 2.18 bits per heavy atom. The van der Waals surface area contributed by atoms with E-state index in [4.69, 9.17) is 5.11 Å². The van der Waals surface area contributed by atoms with Gasteiger partial charge in [0, 0.05) is 25.9 Å². The van der Waals surface area contributed by atoms with Crippen molar-refractivity contribution in [2.75, 3.05) is 13.1 Å². The Hall–Kier alpha value is -1.10. The van der Waals surface area contributed by atoms with Crippen LogP contribution in [0.5, 0.6) is 0 Å². The number of carbonyl (C=O) groups excluding carboxylic acids is 1. The lowest BCUT2D eigenvalue weighted by atomic mass is 10.0. The normalized spacial score (nSPS) is 13.2. The number of carboxylic acid groups (broad SMARTS) is 1. The Kier molecular flexibility index (Phi) is 6.16.